The van der Waals surface area contributed by atoms with Gasteiger partial charge in [0.15, 0.2) is 0 Å². The molecule has 0 spiro atoms. The Kier molecular flexibility index (Phi) is 5.60. The van der Waals surface area contributed by atoms with E-state index >= 15 is 0 Å². The third-order valence-electron chi connectivity index (χ3n) is 5.90. The summed E-state index contributed by atoms with van der Waals surface area (Å²) in [6.45, 7) is 7.55. The molecule has 162 valence electrons. The summed E-state index contributed by atoms with van der Waals surface area (Å²) < 4.78 is 27.6. The van der Waals surface area contributed by atoms with Crippen molar-refractivity contribution in [3.05, 3.63) is 65.9 Å². The predicted molar refractivity (Wildman–Crippen MR) is 122 cm³/mol. The molecule has 1 saturated heterocycles. The zero-order chi connectivity index (χ0) is 22.2. The number of aromatic nitrogens is 1. The molecule has 31 heavy (non-hydrogen) atoms. The van der Waals surface area contributed by atoms with Crippen LogP contribution in [0.1, 0.15) is 56.0 Å². The zero-order valence-electron chi connectivity index (χ0n) is 18.3. The standard InChI is InChI=1S/C25H28N2O3S/c1-25(2,3)18-11-13-19(14-12-18)31(29,30)23-20-9-5-6-10-22(20)26-17-21(23)24(28)27-15-7-4-8-16-27/h5-6,9-14,17H,4,7-8,15-16H2,1-3H3. The molecular weight excluding hydrogens is 408 g/mol. The van der Waals surface area contributed by atoms with Gasteiger partial charge in [-0.15, -0.1) is 0 Å². The molecule has 1 aromatic heterocycles. The molecule has 0 radical (unpaired) electrons. The smallest absolute Gasteiger partial charge is 0.256 e. The van der Waals surface area contributed by atoms with Crippen LogP contribution in [0.4, 0.5) is 0 Å². The Hall–Kier alpha value is -2.73. The van der Waals surface area contributed by atoms with E-state index < -0.39 is 9.84 Å². The first-order valence-electron chi connectivity index (χ1n) is 10.7. The van der Waals surface area contributed by atoms with Crippen molar-refractivity contribution in [2.45, 2.75) is 55.2 Å². The van der Waals surface area contributed by atoms with E-state index in [9.17, 15) is 13.2 Å². The highest BCUT2D eigenvalue weighted by molar-refractivity contribution is 7.91. The van der Waals surface area contributed by atoms with Gasteiger partial charge in [-0.05, 0) is 48.4 Å². The quantitative estimate of drug-likeness (QED) is 0.580. The predicted octanol–water partition coefficient (Wildman–Crippen LogP) is 4.99. The van der Waals surface area contributed by atoms with Crippen LogP contribution in [0, 0.1) is 0 Å². The molecule has 0 bridgehead atoms. The van der Waals surface area contributed by atoms with Crippen LogP contribution in [-0.2, 0) is 15.3 Å². The Morgan fingerprint density at radius 2 is 1.58 bits per heavy atom. The van der Waals surface area contributed by atoms with Crippen LogP contribution in [0.15, 0.2) is 64.5 Å². The van der Waals surface area contributed by atoms with Crippen molar-refractivity contribution in [1.82, 2.24) is 9.88 Å². The number of para-hydroxylation sites is 1. The highest BCUT2D eigenvalue weighted by Gasteiger charge is 2.30. The molecule has 0 atom stereocenters. The molecule has 4 rings (SSSR count). The summed E-state index contributed by atoms with van der Waals surface area (Å²) in [6, 6.07) is 14.1. The van der Waals surface area contributed by atoms with E-state index in [-0.39, 0.29) is 26.7 Å². The second-order valence-electron chi connectivity index (χ2n) is 9.15. The van der Waals surface area contributed by atoms with Crippen LogP contribution in [0.5, 0.6) is 0 Å². The molecule has 5 nitrogen and oxygen atoms in total. The van der Waals surface area contributed by atoms with Gasteiger partial charge in [0, 0.05) is 24.7 Å². The number of nitrogens with zero attached hydrogens (tertiary/aromatic N) is 2. The van der Waals surface area contributed by atoms with Crippen LogP contribution in [0.2, 0.25) is 0 Å². The molecule has 1 aliphatic rings. The summed E-state index contributed by atoms with van der Waals surface area (Å²) in [6.07, 6.45) is 4.38. The lowest BCUT2D eigenvalue weighted by Gasteiger charge is -2.27. The summed E-state index contributed by atoms with van der Waals surface area (Å²) in [7, 11) is -3.93. The highest BCUT2D eigenvalue weighted by atomic mass is 32.2. The number of carbonyl (C=O) groups excluding carboxylic acids is 1. The van der Waals surface area contributed by atoms with Gasteiger partial charge in [0.1, 0.15) is 0 Å². The normalized spacial score (nSPS) is 15.3. The van der Waals surface area contributed by atoms with E-state index in [1.807, 2.05) is 18.2 Å². The van der Waals surface area contributed by atoms with E-state index in [2.05, 4.69) is 25.8 Å². The van der Waals surface area contributed by atoms with Crippen LogP contribution in [0.3, 0.4) is 0 Å². The van der Waals surface area contributed by atoms with Crippen LogP contribution < -0.4 is 0 Å². The second kappa shape index (κ2) is 8.08. The van der Waals surface area contributed by atoms with E-state index in [1.54, 1.807) is 35.2 Å². The molecule has 1 amide bonds. The first-order chi connectivity index (χ1) is 14.7. The minimum absolute atomic E-state index is 0.0529. The first kappa shape index (κ1) is 21.5. The monoisotopic (exact) mass is 436 g/mol. The second-order valence-corrected chi connectivity index (χ2v) is 11.0. The third kappa shape index (κ3) is 4.09. The largest absolute Gasteiger partial charge is 0.339 e. The number of likely N-dealkylation sites (tertiary alicyclic amines) is 1. The van der Waals surface area contributed by atoms with E-state index in [1.165, 1.54) is 6.20 Å². The number of benzene rings is 2. The average Bonchev–Trinajstić information content (AvgIpc) is 2.78. The SMILES string of the molecule is CC(C)(C)c1ccc(S(=O)(=O)c2c(C(=O)N3CCCCC3)cnc3ccccc23)cc1. The maximum absolute atomic E-state index is 13.8. The minimum atomic E-state index is -3.93. The van der Waals surface area contributed by atoms with E-state index in [0.717, 1.165) is 24.8 Å². The summed E-state index contributed by atoms with van der Waals surface area (Å²) in [5, 5.41) is 0.477. The number of carbonyl (C=O) groups is 1. The Morgan fingerprint density at radius 1 is 0.935 bits per heavy atom. The first-order valence-corrected chi connectivity index (χ1v) is 12.2. The van der Waals surface area contributed by atoms with Crippen molar-refractivity contribution < 1.29 is 13.2 Å². The molecule has 0 aliphatic carbocycles. The molecule has 0 saturated carbocycles. The van der Waals surface area contributed by atoms with Gasteiger partial charge in [-0.2, -0.15) is 0 Å². The molecule has 2 aromatic carbocycles. The van der Waals surface area contributed by atoms with Crippen molar-refractivity contribution in [3.8, 4) is 0 Å². The van der Waals surface area contributed by atoms with Gasteiger partial charge >= 0.3 is 0 Å². The summed E-state index contributed by atoms with van der Waals surface area (Å²) in [4.78, 5) is 19.7. The number of piperidine rings is 1. The number of hydrogen-bond donors (Lipinski definition) is 0. The molecule has 0 unspecified atom stereocenters. The molecule has 6 heteroatoms. The van der Waals surface area contributed by atoms with Gasteiger partial charge in [-0.25, -0.2) is 8.42 Å². The van der Waals surface area contributed by atoms with Crippen molar-refractivity contribution in [2.24, 2.45) is 0 Å². The molecule has 3 aromatic rings. The van der Waals surface area contributed by atoms with Crippen LogP contribution in [-0.4, -0.2) is 37.3 Å². The Labute approximate surface area is 184 Å². The Balaban J connectivity index is 1.89. The fourth-order valence-corrected chi connectivity index (χ4v) is 5.70. The number of fused-ring (bicyclic) bond motifs is 1. The van der Waals surface area contributed by atoms with Gasteiger partial charge in [-0.3, -0.25) is 9.78 Å². The summed E-state index contributed by atoms with van der Waals surface area (Å²) >= 11 is 0. The highest BCUT2D eigenvalue weighted by Crippen LogP contribution is 2.33. The summed E-state index contributed by atoms with van der Waals surface area (Å²) in [5.41, 5.74) is 1.68. The zero-order valence-corrected chi connectivity index (χ0v) is 19.1. The number of sulfone groups is 1. The van der Waals surface area contributed by atoms with Gasteiger partial charge < -0.3 is 4.90 Å². The minimum Gasteiger partial charge on any atom is -0.339 e. The Bertz CT molecular complexity index is 1220. The van der Waals surface area contributed by atoms with Crippen molar-refractivity contribution >= 4 is 26.6 Å². The van der Waals surface area contributed by atoms with Gasteiger partial charge in [0.25, 0.3) is 5.91 Å². The van der Waals surface area contributed by atoms with Crippen LogP contribution >= 0.6 is 0 Å². The average molecular weight is 437 g/mol. The lowest BCUT2D eigenvalue weighted by molar-refractivity contribution is 0.0720. The third-order valence-corrected chi connectivity index (χ3v) is 7.77. The maximum Gasteiger partial charge on any atom is 0.256 e. The van der Waals surface area contributed by atoms with Gasteiger partial charge in [-0.1, -0.05) is 51.1 Å². The van der Waals surface area contributed by atoms with Crippen molar-refractivity contribution in [2.75, 3.05) is 13.1 Å². The summed E-state index contributed by atoms with van der Waals surface area (Å²) in [5.74, 6) is -0.261. The number of rotatable bonds is 3. The molecule has 1 aliphatic heterocycles. The number of hydrogen-bond acceptors (Lipinski definition) is 4. The van der Waals surface area contributed by atoms with Crippen molar-refractivity contribution in [1.29, 1.82) is 0 Å². The lowest BCUT2D eigenvalue weighted by Crippen LogP contribution is -2.36. The van der Waals surface area contributed by atoms with Crippen molar-refractivity contribution in [3.63, 3.8) is 0 Å². The van der Waals surface area contributed by atoms with Gasteiger partial charge in [0.2, 0.25) is 9.84 Å². The maximum atomic E-state index is 13.8. The number of amides is 1. The Morgan fingerprint density at radius 3 is 2.23 bits per heavy atom. The lowest BCUT2D eigenvalue weighted by atomic mass is 9.87. The molecular formula is C25H28N2O3S. The van der Waals surface area contributed by atoms with Crippen LogP contribution in [0.25, 0.3) is 10.9 Å². The fourth-order valence-electron chi connectivity index (χ4n) is 4.08. The van der Waals surface area contributed by atoms with Gasteiger partial charge in [0.05, 0.1) is 20.9 Å². The number of pyridine rings is 1. The fraction of sp³-hybridized carbons (Fsp3) is 0.360. The molecule has 0 N–H and O–H groups in total. The molecule has 1 fully saturated rings. The van der Waals surface area contributed by atoms with E-state index in [0.29, 0.717) is 24.0 Å². The van der Waals surface area contributed by atoms with E-state index in [4.69, 9.17) is 0 Å². The molecule has 2 heterocycles. The topological polar surface area (TPSA) is 67.3 Å².